The Morgan fingerprint density at radius 3 is 3.00 bits per heavy atom. The number of benzene rings is 1. The molecule has 0 amide bonds. The highest BCUT2D eigenvalue weighted by atomic mass is 79.9. The lowest BCUT2D eigenvalue weighted by molar-refractivity contribution is 0.0912. The number of aliphatic hydroxyl groups is 1. The SMILES string of the molecule is Cc1cccc(C(O)C2CCOC2)c1Br. The zero-order valence-electron chi connectivity index (χ0n) is 8.74. The van der Waals surface area contributed by atoms with Gasteiger partial charge in [0.2, 0.25) is 0 Å². The second-order valence-electron chi connectivity index (χ2n) is 4.05. The van der Waals surface area contributed by atoms with Crippen LogP contribution in [0.3, 0.4) is 0 Å². The molecule has 0 saturated carbocycles. The third kappa shape index (κ3) is 2.25. The van der Waals surface area contributed by atoms with Crippen LogP contribution in [0.4, 0.5) is 0 Å². The van der Waals surface area contributed by atoms with Crippen molar-refractivity contribution in [2.24, 2.45) is 5.92 Å². The zero-order valence-corrected chi connectivity index (χ0v) is 10.3. The van der Waals surface area contributed by atoms with Crippen molar-refractivity contribution in [1.29, 1.82) is 0 Å². The average Bonchev–Trinajstić information content (AvgIpc) is 2.74. The summed E-state index contributed by atoms with van der Waals surface area (Å²) < 4.78 is 6.31. The fourth-order valence-electron chi connectivity index (χ4n) is 1.95. The van der Waals surface area contributed by atoms with Crippen molar-refractivity contribution in [3.8, 4) is 0 Å². The normalized spacial score (nSPS) is 23.0. The van der Waals surface area contributed by atoms with Crippen LogP contribution in [-0.4, -0.2) is 18.3 Å². The first-order valence-electron chi connectivity index (χ1n) is 5.21. The maximum absolute atomic E-state index is 10.2. The average molecular weight is 271 g/mol. The lowest BCUT2D eigenvalue weighted by atomic mass is 9.94. The summed E-state index contributed by atoms with van der Waals surface area (Å²) in [6.07, 6.45) is 0.531. The summed E-state index contributed by atoms with van der Waals surface area (Å²) in [6.45, 7) is 3.47. The third-order valence-corrected chi connectivity index (χ3v) is 4.03. The van der Waals surface area contributed by atoms with E-state index in [-0.39, 0.29) is 5.92 Å². The predicted octanol–water partition coefficient (Wildman–Crippen LogP) is 2.83. The number of aliphatic hydroxyl groups excluding tert-OH is 1. The van der Waals surface area contributed by atoms with Crippen LogP contribution in [0.15, 0.2) is 22.7 Å². The second-order valence-corrected chi connectivity index (χ2v) is 4.84. The van der Waals surface area contributed by atoms with Gasteiger partial charge in [0.1, 0.15) is 0 Å². The molecule has 1 heterocycles. The van der Waals surface area contributed by atoms with Crippen LogP contribution in [0.25, 0.3) is 0 Å². The molecular weight excluding hydrogens is 256 g/mol. The maximum atomic E-state index is 10.2. The van der Waals surface area contributed by atoms with E-state index in [0.29, 0.717) is 6.61 Å². The van der Waals surface area contributed by atoms with E-state index in [1.54, 1.807) is 0 Å². The van der Waals surface area contributed by atoms with Gasteiger partial charge in [-0.3, -0.25) is 0 Å². The first-order chi connectivity index (χ1) is 7.20. The molecule has 1 aromatic rings. The van der Waals surface area contributed by atoms with Crippen molar-refractivity contribution >= 4 is 15.9 Å². The van der Waals surface area contributed by atoms with Crippen LogP contribution in [-0.2, 0) is 4.74 Å². The Morgan fingerprint density at radius 1 is 1.53 bits per heavy atom. The number of aryl methyl sites for hydroxylation is 1. The Hall–Kier alpha value is -0.380. The molecule has 1 aliphatic rings. The largest absolute Gasteiger partial charge is 0.388 e. The van der Waals surface area contributed by atoms with E-state index < -0.39 is 6.10 Å². The predicted molar refractivity (Wildman–Crippen MR) is 62.8 cm³/mol. The van der Waals surface area contributed by atoms with Gasteiger partial charge in [-0.25, -0.2) is 0 Å². The Bertz CT molecular complexity index is 345. The molecule has 15 heavy (non-hydrogen) atoms. The van der Waals surface area contributed by atoms with Crippen LogP contribution in [0, 0.1) is 12.8 Å². The van der Waals surface area contributed by atoms with Gasteiger partial charge in [0, 0.05) is 17.0 Å². The van der Waals surface area contributed by atoms with E-state index in [4.69, 9.17) is 4.74 Å². The first-order valence-corrected chi connectivity index (χ1v) is 6.00. The summed E-state index contributed by atoms with van der Waals surface area (Å²) in [5, 5.41) is 10.2. The number of hydrogen-bond donors (Lipinski definition) is 1. The van der Waals surface area contributed by atoms with E-state index in [9.17, 15) is 5.11 Å². The molecule has 0 radical (unpaired) electrons. The molecule has 2 rings (SSSR count). The standard InChI is InChI=1S/C12H15BrO2/c1-8-3-2-4-10(11(8)13)12(14)9-5-6-15-7-9/h2-4,9,12,14H,5-7H2,1H3. The summed E-state index contributed by atoms with van der Waals surface area (Å²) >= 11 is 3.53. The molecule has 1 aromatic carbocycles. The van der Waals surface area contributed by atoms with E-state index in [1.807, 2.05) is 25.1 Å². The van der Waals surface area contributed by atoms with E-state index >= 15 is 0 Å². The van der Waals surface area contributed by atoms with Crippen molar-refractivity contribution in [2.45, 2.75) is 19.4 Å². The lowest BCUT2D eigenvalue weighted by Gasteiger charge is -2.19. The monoisotopic (exact) mass is 270 g/mol. The smallest absolute Gasteiger partial charge is 0.0852 e. The summed E-state index contributed by atoms with van der Waals surface area (Å²) in [7, 11) is 0. The van der Waals surface area contributed by atoms with Crippen LogP contribution in [0.2, 0.25) is 0 Å². The molecule has 2 nitrogen and oxygen atoms in total. The van der Waals surface area contributed by atoms with Gasteiger partial charge in [-0.15, -0.1) is 0 Å². The molecule has 0 bridgehead atoms. The van der Waals surface area contributed by atoms with Crippen molar-refractivity contribution in [3.63, 3.8) is 0 Å². The molecule has 0 aromatic heterocycles. The molecule has 82 valence electrons. The van der Waals surface area contributed by atoms with Gasteiger partial charge in [-0.1, -0.05) is 34.1 Å². The van der Waals surface area contributed by atoms with Gasteiger partial charge < -0.3 is 9.84 Å². The summed E-state index contributed by atoms with van der Waals surface area (Å²) in [6, 6.07) is 5.99. The first kappa shape index (κ1) is 11.1. The summed E-state index contributed by atoms with van der Waals surface area (Å²) in [5.74, 6) is 0.239. The molecule has 1 aliphatic heterocycles. The van der Waals surface area contributed by atoms with Crippen LogP contribution in [0.5, 0.6) is 0 Å². The molecule has 3 heteroatoms. The molecule has 1 N–H and O–H groups in total. The highest BCUT2D eigenvalue weighted by Gasteiger charge is 2.26. The van der Waals surface area contributed by atoms with Crippen molar-refractivity contribution in [2.75, 3.05) is 13.2 Å². The minimum Gasteiger partial charge on any atom is -0.388 e. The number of rotatable bonds is 2. The fraction of sp³-hybridized carbons (Fsp3) is 0.500. The van der Waals surface area contributed by atoms with Crippen LogP contribution < -0.4 is 0 Å². The van der Waals surface area contributed by atoms with E-state index in [1.165, 1.54) is 0 Å². The van der Waals surface area contributed by atoms with E-state index in [0.717, 1.165) is 28.6 Å². The van der Waals surface area contributed by atoms with Crippen LogP contribution in [0.1, 0.15) is 23.7 Å². The molecule has 0 spiro atoms. The quantitative estimate of drug-likeness (QED) is 0.896. The molecule has 0 aliphatic carbocycles. The van der Waals surface area contributed by atoms with Gasteiger partial charge in [-0.2, -0.15) is 0 Å². The Labute approximate surface area is 98.4 Å². The van der Waals surface area contributed by atoms with Gasteiger partial charge in [0.25, 0.3) is 0 Å². The van der Waals surface area contributed by atoms with Crippen molar-refractivity contribution in [3.05, 3.63) is 33.8 Å². The molecule has 2 unspecified atom stereocenters. The Balaban J connectivity index is 2.24. The molecule has 2 atom stereocenters. The highest BCUT2D eigenvalue weighted by molar-refractivity contribution is 9.10. The summed E-state index contributed by atoms with van der Waals surface area (Å²) in [5.41, 5.74) is 2.14. The minimum atomic E-state index is -0.415. The Kier molecular flexibility index (Phi) is 3.44. The minimum absolute atomic E-state index is 0.239. The van der Waals surface area contributed by atoms with Gasteiger partial charge in [-0.05, 0) is 24.5 Å². The third-order valence-electron chi connectivity index (χ3n) is 2.95. The van der Waals surface area contributed by atoms with Crippen LogP contribution >= 0.6 is 15.9 Å². The van der Waals surface area contributed by atoms with Crippen molar-refractivity contribution in [1.82, 2.24) is 0 Å². The molecule has 1 saturated heterocycles. The van der Waals surface area contributed by atoms with E-state index in [2.05, 4.69) is 15.9 Å². The fourth-order valence-corrected chi connectivity index (χ4v) is 2.45. The number of halogens is 1. The lowest BCUT2D eigenvalue weighted by Crippen LogP contribution is -2.13. The van der Waals surface area contributed by atoms with Gasteiger partial charge in [0.05, 0.1) is 12.7 Å². The topological polar surface area (TPSA) is 29.5 Å². The van der Waals surface area contributed by atoms with Crippen molar-refractivity contribution < 1.29 is 9.84 Å². The molecular formula is C12H15BrO2. The van der Waals surface area contributed by atoms with Gasteiger partial charge in [0.15, 0.2) is 0 Å². The maximum Gasteiger partial charge on any atom is 0.0852 e. The number of hydrogen-bond acceptors (Lipinski definition) is 2. The summed E-state index contributed by atoms with van der Waals surface area (Å²) in [4.78, 5) is 0. The molecule has 1 fully saturated rings. The second kappa shape index (κ2) is 4.64. The highest BCUT2D eigenvalue weighted by Crippen LogP contribution is 2.34. The Morgan fingerprint density at radius 2 is 2.33 bits per heavy atom. The number of ether oxygens (including phenoxy) is 1. The zero-order chi connectivity index (χ0) is 10.8. The van der Waals surface area contributed by atoms with Gasteiger partial charge >= 0.3 is 0 Å².